The first kappa shape index (κ1) is 16.2. The minimum absolute atomic E-state index is 0.0518. The summed E-state index contributed by atoms with van der Waals surface area (Å²) in [6.45, 7) is 7.23. The molecular formula is C16H24FNO3. The van der Waals surface area contributed by atoms with Gasteiger partial charge in [0.05, 0.1) is 11.7 Å². The number of nitrogens with one attached hydrogen (secondary N) is 1. The average Bonchev–Trinajstić information content (AvgIpc) is 2.42. The van der Waals surface area contributed by atoms with Gasteiger partial charge in [0.25, 0.3) is 0 Å². The van der Waals surface area contributed by atoms with Crippen molar-refractivity contribution in [3.8, 4) is 5.75 Å². The third-order valence-corrected chi connectivity index (χ3v) is 4.67. The molecule has 1 aromatic rings. The number of phenolic OH excluding ortho intramolecular Hbond substituents is 1. The van der Waals surface area contributed by atoms with Gasteiger partial charge in [-0.05, 0) is 25.1 Å². The van der Waals surface area contributed by atoms with Crippen LogP contribution in [0.25, 0.3) is 0 Å². The molecule has 0 amide bonds. The van der Waals surface area contributed by atoms with Gasteiger partial charge in [-0.1, -0.05) is 13.8 Å². The number of hydrogen-bond donors (Lipinski definition) is 3. The summed E-state index contributed by atoms with van der Waals surface area (Å²) in [5.74, 6) is -0.334. The van der Waals surface area contributed by atoms with Crippen molar-refractivity contribution < 1.29 is 19.3 Å². The van der Waals surface area contributed by atoms with E-state index in [-0.39, 0.29) is 23.1 Å². The molecule has 3 N–H and O–H groups in total. The smallest absolute Gasteiger partial charge is 0.123 e. The molecule has 0 radical (unpaired) electrons. The molecule has 0 spiro atoms. The van der Waals surface area contributed by atoms with Crippen molar-refractivity contribution in [3.05, 3.63) is 29.6 Å². The third kappa shape index (κ3) is 3.05. The molecule has 0 aliphatic heterocycles. The summed E-state index contributed by atoms with van der Waals surface area (Å²) in [5, 5.41) is 23.4. The highest BCUT2D eigenvalue weighted by atomic mass is 19.1. The highest BCUT2D eigenvalue weighted by molar-refractivity contribution is 5.32. The number of aromatic hydroxyl groups is 1. The first-order chi connectivity index (χ1) is 9.80. The standard InChI is InChI=1S/C16H24FNO3/c1-4-21-14-8-16(20,15(14,2)3)10-18-9-11-7-12(17)5-6-13(11)19/h5-7,14,18-20H,4,8-10H2,1-3H3/t14-,16+/m0/s1. The molecule has 1 aromatic carbocycles. The van der Waals surface area contributed by atoms with Crippen LogP contribution in [0.4, 0.5) is 4.39 Å². The molecule has 2 rings (SSSR count). The Bertz CT molecular complexity index is 506. The van der Waals surface area contributed by atoms with Crippen molar-refractivity contribution in [1.82, 2.24) is 5.32 Å². The number of hydrogen-bond acceptors (Lipinski definition) is 4. The normalized spacial score (nSPS) is 27.4. The van der Waals surface area contributed by atoms with E-state index in [0.717, 1.165) is 0 Å². The van der Waals surface area contributed by atoms with Crippen LogP contribution in [0.15, 0.2) is 18.2 Å². The van der Waals surface area contributed by atoms with Gasteiger partial charge in [0.1, 0.15) is 11.6 Å². The van der Waals surface area contributed by atoms with E-state index < -0.39 is 5.60 Å². The molecule has 1 saturated carbocycles. The molecular weight excluding hydrogens is 273 g/mol. The van der Waals surface area contributed by atoms with Gasteiger partial charge in [0, 0.05) is 37.1 Å². The number of aliphatic hydroxyl groups is 1. The fourth-order valence-corrected chi connectivity index (χ4v) is 2.86. The summed E-state index contributed by atoms with van der Waals surface area (Å²) >= 11 is 0. The van der Waals surface area contributed by atoms with E-state index in [1.165, 1.54) is 18.2 Å². The van der Waals surface area contributed by atoms with Crippen LogP contribution in [0.5, 0.6) is 5.75 Å². The van der Waals surface area contributed by atoms with Crippen LogP contribution in [0, 0.1) is 11.2 Å². The summed E-state index contributed by atoms with van der Waals surface area (Å²) < 4.78 is 18.8. The molecule has 4 nitrogen and oxygen atoms in total. The Morgan fingerprint density at radius 1 is 1.43 bits per heavy atom. The average molecular weight is 297 g/mol. The molecule has 118 valence electrons. The van der Waals surface area contributed by atoms with Crippen LogP contribution < -0.4 is 5.32 Å². The molecule has 0 unspecified atom stereocenters. The maximum Gasteiger partial charge on any atom is 0.123 e. The lowest BCUT2D eigenvalue weighted by molar-refractivity contribution is -0.238. The number of ether oxygens (including phenoxy) is 1. The summed E-state index contributed by atoms with van der Waals surface area (Å²) in [6, 6.07) is 3.84. The summed E-state index contributed by atoms with van der Waals surface area (Å²) in [7, 11) is 0. The fourth-order valence-electron chi connectivity index (χ4n) is 2.86. The van der Waals surface area contributed by atoms with Gasteiger partial charge in [-0.15, -0.1) is 0 Å². The molecule has 0 bridgehead atoms. The van der Waals surface area contributed by atoms with E-state index in [0.29, 0.717) is 31.7 Å². The van der Waals surface area contributed by atoms with Crippen molar-refractivity contribution in [2.24, 2.45) is 5.41 Å². The van der Waals surface area contributed by atoms with Crippen molar-refractivity contribution in [2.75, 3.05) is 13.2 Å². The van der Waals surface area contributed by atoms with Gasteiger partial charge in [0.15, 0.2) is 0 Å². The predicted molar refractivity (Wildman–Crippen MR) is 78.5 cm³/mol. The zero-order chi connectivity index (χ0) is 15.7. The van der Waals surface area contributed by atoms with Crippen molar-refractivity contribution in [1.29, 1.82) is 0 Å². The topological polar surface area (TPSA) is 61.7 Å². The Balaban J connectivity index is 1.90. The van der Waals surface area contributed by atoms with Gasteiger partial charge < -0.3 is 20.3 Å². The van der Waals surface area contributed by atoms with Gasteiger partial charge in [-0.25, -0.2) is 4.39 Å². The third-order valence-electron chi connectivity index (χ3n) is 4.67. The Morgan fingerprint density at radius 3 is 2.76 bits per heavy atom. The van der Waals surface area contributed by atoms with Gasteiger partial charge >= 0.3 is 0 Å². The number of benzene rings is 1. The predicted octanol–water partition coefficient (Wildman–Crippen LogP) is 2.19. The van der Waals surface area contributed by atoms with E-state index >= 15 is 0 Å². The van der Waals surface area contributed by atoms with E-state index in [2.05, 4.69) is 5.32 Å². The Labute approximate surface area is 124 Å². The van der Waals surface area contributed by atoms with E-state index in [1.54, 1.807) is 0 Å². The zero-order valence-corrected chi connectivity index (χ0v) is 12.8. The largest absolute Gasteiger partial charge is 0.508 e. The second-order valence-corrected chi connectivity index (χ2v) is 6.28. The molecule has 0 aromatic heterocycles. The van der Waals surface area contributed by atoms with E-state index in [1.807, 2.05) is 20.8 Å². The molecule has 5 heteroatoms. The number of rotatable bonds is 6. The van der Waals surface area contributed by atoms with Crippen LogP contribution in [0.2, 0.25) is 0 Å². The lowest BCUT2D eigenvalue weighted by atomic mass is 9.56. The van der Waals surface area contributed by atoms with Crippen LogP contribution in [0.3, 0.4) is 0 Å². The Morgan fingerprint density at radius 2 is 2.14 bits per heavy atom. The van der Waals surface area contributed by atoms with Gasteiger partial charge in [0.2, 0.25) is 0 Å². The summed E-state index contributed by atoms with van der Waals surface area (Å²) in [5.41, 5.74) is -0.701. The van der Waals surface area contributed by atoms with Crippen LogP contribution >= 0.6 is 0 Å². The highest BCUT2D eigenvalue weighted by Gasteiger charge is 2.59. The van der Waals surface area contributed by atoms with Crippen molar-refractivity contribution in [3.63, 3.8) is 0 Å². The SMILES string of the molecule is CCO[C@H]1C[C@@](O)(CNCc2cc(F)ccc2O)C1(C)C. The zero-order valence-electron chi connectivity index (χ0n) is 12.8. The van der Waals surface area contributed by atoms with Gasteiger partial charge in [-0.3, -0.25) is 0 Å². The quantitative estimate of drug-likeness (QED) is 0.753. The number of phenols is 1. The van der Waals surface area contributed by atoms with Gasteiger partial charge in [-0.2, -0.15) is 0 Å². The van der Waals surface area contributed by atoms with E-state index in [4.69, 9.17) is 4.74 Å². The summed E-state index contributed by atoms with van der Waals surface area (Å²) in [6.07, 6.45) is 0.632. The van der Waals surface area contributed by atoms with Crippen LogP contribution in [-0.2, 0) is 11.3 Å². The molecule has 2 atom stereocenters. The first-order valence-corrected chi connectivity index (χ1v) is 7.32. The van der Waals surface area contributed by atoms with E-state index in [9.17, 15) is 14.6 Å². The molecule has 1 aliphatic carbocycles. The molecule has 21 heavy (non-hydrogen) atoms. The maximum atomic E-state index is 13.1. The maximum absolute atomic E-state index is 13.1. The second kappa shape index (κ2) is 5.91. The Kier molecular flexibility index (Phi) is 4.56. The minimum atomic E-state index is -0.851. The molecule has 0 heterocycles. The monoisotopic (exact) mass is 297 g/mol. The minimum Gasteiger partial charge on any atom is -0.508 e. The molecule has 1 aliphatic rings. The Hall–Kier alpha value is -1.17. The second-order valence-electron chi connectivity index (χ2n) is 6.28. The fraction of sp³-hybridized carbons (Fsp3) is 0.625. The molecule has 1 fully saturated rings. The van der Waals surface area contributed by atoms with Crippen molar-refractivity contribution >= 4 is 0 Å². The number of halogens is 1. The molecule has 0 saturated heterocycles. The van der Waals surface area contributed by atoms with Crippen LogP contribution in [-0.4, -0.2) is 35.1 Å². The van der Waals surface area contributed by atoms with Crippen LogP contribution in [0.1, 0.15) is 32.8 Å². The lowest BCUT2D eigenvalue weighted by Crippen LogP contribution is -2.68. The highest BCUT2D eigenvalue weighted by Crippen LogP contribution is 2.50. The first-order valence-electron chi connectivity index (χ1n) is 7.32. The lowest BCUT2D eigenvalue weighted by Gasteiger charge is -2.58. The summed E-state index contributed by atoms with van der Waals surface area (Å²) in [4.78, 5) is 0. The van der Waals surface area contributed by atoms with Crippen molar-refractivity contribution in [2.45, 2.75) is 45.4 Å².